The first-order chi connectivity index (χ1) is 6.83. The molecule has 1 aliphatic rings. The van der Waals surface area contributed by atoms with Crippen molar-refractivity contribution >= 4 is 17.5 Å². The lowest BCUT2D eigenvalue weighted by molar-refractivity contribution is -0.121. The molecule has 1 fully saturated rings. The molecule has 1 rings (SSSR count). The fourth-order valence-corrected chi connectivity index (χ4v) is 2.16. The van der Waals surface area contributed by atoms with Gasteiger partial charge in [0.2, 0.25) is 5.91 Å². The van der Waals surface area contributed by atoms with Crippen LogP contribution < -0.4 is 5.32 Å². The van der Waals surface area contributed by atoms with Crippen molar-refractivity contribution in [1.29, 1.82) is 0 Å². The van der Waals surface area contributed by atoms with Crippen molar-refractivity contribution in [2.75, 3.05) is 12.4 Å². The van der Waals surface area contributed by atoms with Crippen LogP contribution in [0.25, 0.3) is 0 Å². The molecule has 0 aromatic heterocycles. The first kappa shape index (κ1) is 11.8. The zero-order valence-electron chi connectivity index (χ0n) is 8.73. The molecule has 82 valence electrons. The highest BCUT2D eigenvalue weighted by Crippen LogP contribution is 2.26. The molecule has 0 unspecified atom stereocenters. The molecular weight excluding hydrogens is 198 g/mol. The van der Waals surface area contributed by atoms with Gasteiger partial charge in [-0.2, -0.15) is 0 Å². The fraction of sp³-hybridized carbons (Fsp3) is 0.909. The maximum atomic E-state index is 11.2. The molecule has 0 spiro atoms. The number of amides is 1. The number of carbonyl (C=O) groups is 1. The van der Waals surface area contributed by atoms with Crippen LogP contribution in [0, 0.1) is 5.92 Å². The number of carbonyl (C=O) groups excluding carboxylic acids is 1. The third-order valence-corrected chi connectivity index (χ3v) is 3.15. The Balaban J connectivity index is 1.94. The van der Waals surface area contributed by atoms with E-state index in [1.807, 2.05) is 0 Å². The Morgan fingerprint density at radius 1 is 1.36 bits per heavy atom. The smallest absolute Gasteiger partial charge is 0.220 e. The number of nitrogens with one attached hydrogen (secondary N) is 1. The third kappa shape index (κ3) is 4.85. The van der Waals surface area contributed by atoms with Gasteiger partial charge in [0.1, 0.15) is 0 Å². The molecule has 1 amide bonds. The molecule has 2 nitrogen and oxygen atoms in total. The topological polar surface area (TPSA) is 29.1 Å². The van der Waals surface area contributed by atoms with Crippen LogP contribution in [-0.2, 0) is 4.79 Å². The molecule has 1 saturated carbocycles. The lowest BCUT2D eigenvalue weighted by Gasteiger charge is -2.09. The first-order valence-corrected chi connectivity index (χ1v) is 6.19. The Labute approximate surface area is 91.4 Å². The van der Waals surface area contributed by atoms with Crippen LogP contribution in [0.5, 0.6) is 0 Å². The first-order valence-electron chi connectivity index (χ1n) is 5.65. The predicted octanol–water partition coefficient (Wildman–Crippen LogP) is 2.70. The van der Waals surface area contributed by atoms with Gasteiger partial charge in [-0.15, -0.1) is 11.6 Å². The van der Waals surface area contributed by atoms with Gasteiger partial charge >= 0.3 is 0 Å². The van der Waals surface area contributed by atoms with Crippen LogP contribution in [0.3, 0.4) is 0 Å². The van der Waals surface area contributed by atoms with Crippen LogP contribution in [0.4, 0.5) is 0 Å². The number of hydrogen-bond acceptors (Lipinski definition) is 1. The quantitative estimate of drug-likeness (QED) is 0.681. The van der Waals surface area contributed by atoms with Gasteiger partial charge in [0.25, 0.3) is 0 Å². The summed E-state index contributed by atoms with van der Waals surface area (Å²) in [4.78, 5) is 11.2. The summed E-state index contributed by atoms with van der Waals surface area (Å²) >= 11 is 5.50. The highest BCUT2D eigenvalue weighted by Gasteiger charge is 2.14. The van der Waals surface area contributed by atoms with Crippen LogP contribution in [0.15, 0.2) is 0 Å². The van der Waals surface area contributed by atoms with E-state index in [4.69, 9.17) is 11.6 Å². The fourth-order valence-electron chi connectivity index (χ4n) is 2.03. The van der Waals surface area contributed by atoms with Gasteiger partial charge in [0.15, 0.2) is 0 Å². The van der Waals surface area contributed by atoms with Crippen molar-refractivity contribution in [2.45, 2.75) is 44.9 Å². The maximum absolute atomic E-state index is 11.2. The summed E-state index contributed by atoms with van der Waals surface area (Å²) < 4.78 is 0. The number of halogens is 1. The lowest BCUT2D eigenvalue weighted by Crippen LogP contribution is -2.25. The minimum atomic E-state index is 0.156. The van der Waals surface area contributed by atoms with Crippen molar-refractivity contribution in [3.63, 3.8) is 0 Å². The monoisotopic (exact) mass is 217 g/mol. The van der Waals surface area contributed by atoms with Crippen molar-refractivity contribution in [1.82, 2.24) is 5.32 Å². The highest BCUT2D eigenvalue weighted by atomic mass is 35.5. The van der Waals surface area contributed by atoms with E-state index in [1.165, 1.54) is 25.7 Å². The third-order valence-electron chi connectivity index (χ3n) is 2.89. The standard InChI is InChI=1S/C11H20ClNO/c12-8-3-6-11(14)13-9-7-10-4-1-2-5-10/h10H,1-9H2,(H,13,14). The summed E-state index contributed by atoms with van der Waals surface area (Å²) in [6, 6.07) is 0. The van der Waals surface area contributed by atoms with E-state index in [9.17, 15) is 4.79 Å². The Bertz CT molecular complexity index is 167. The molecule has 14 heavy (non-hydrogen) atoms. The van der Waals surface area contributed by atoms with Crippen LogP contribution in [0.2, 0.25) is 0 Å². The van der Waals surface area contributed by atoms with Gasteiger partial charge in [0, 0.05) is 18.8 Å². The van der Waals surface area contributed by atoms with Gasteiger partial charge < -0.3 is 5.32 Å². The zero-order valence-corrected chi connectivity index (χ0v) is 9.48. The van der Waals surface area contributed by atoms with Crippen molar-refractivity contribution in [3.8, 4) is 0 Å². The molecule has 0 heterocycles. The summed E-state index contributed by atoms with van der Waals surface area (Å²) in [5, 5.41) is 2.95. The lowest BCUT2D eigenvalue weighted by atomic mass is 10.0. The summed E-state index contributed by atoms with van der Waals surface area (Å²) in [6.07, 6.45) is 8.00. The van der Waals surface area contributed by atoms with Crippen molar-refractivity contribution < 1.29 is 4.79 Å². The average Bonchev–Trinajstić information content (AvgIpc) is 2.67. The van der Waals surface area contributed by atoms with Gasteiger partial charge in [-0.3, -0.25) is 4.79 Å². The number of alkyl halides is 1. The van der Waals surface area contributed by atoms with E-state index in [2.05, 4.69) is 5.32 Å². The number of rotatable bonds is 6. The minimum Gasteiger partial charge on any atom is -0.356 e. The second-order valence-electron chi connectivity index (χ2n) is 4.08. The maximum Gasteiger partial charge on any atom is 0.220 e. The summed E-state index contributed by atoms with van der Waals surface area (Å²) in [6.45, 7) is 0.853. The summed E-state index contributed by atoms with van der Waals surface area (Å²) in [7, 11) is 0. The van der Waals surface area contributed by atoms with E-state index in [1.54, 1.807) is 0 Å². The largest absolute Gasteiger partial charge is 0.356 e. The molecule has 1 N–H and O–H groups in total. The Morgan fingerprint density at radius 3 is 2.71 bits per heavy atom. The second kappa shape index (κ2) is 7.10. The number of hydrogen-bond donors (Lipinski definition) is 1. The molecule has 0 aromatic carbocycles. The predicted molar refractivity (Wildman–Crippen MR) is 59.5 cm³/mol. The Morgan fingerprint density at radius 2 is 2.07 bits per heavy atom. The van der Waals surface area contributed by atoms with Crippen LogP contribution >= 0.6 is 11.6 Å². The normalized spacial score (nSPS) is 17.2. The van der Waals surface area contributed by atoms with E-state index < -0.39 is 0 Å². The van der Waals surface area contributed by atoms with Gasteiger partial charge in [-0.1, -0.05) is 25.7 Å². The van der Waals surface area contributed by atoms with Gasteiger partial charge in [-0.05, 0) is 18.8 Å². The van der Waals surface area contributed by atoms with E-state index in [0.29, 0.717) is 12.3 Å². The summed E-state index contributed by atoms with van der Waals surface area (Å²) in [5.41, 5.74) is 0. The van der Waals surface area contributed by atoms with Crippen LogP contribution in [-0.4, -0.2) is 18.3 Å². The molecule has 0 atom stereocenters. The van der Waals surface area contributed by atoms with Gasteiger partial charge in [-0.25, -0.2) is 0 Å². The molecule has 1 aliphatic carbocycles. The molecule has 0 bridgehead atoms. The molecule has 3 heteroatoms. The second-order valence-corrected chi connectivity index (χ2v) is 4.46. The molecular formula is C11H20ClNO. The van der Waals surface area contributed by atoms with Gasteiger partial charge in [0.05, 0.1) is 0 Å². The minimum absolute atomic E-state index is 0.156. The van der Waals surface area contributed by atoms with E-state index >= 15 is 0 Å². The molecule has 0 aromatic rings. The Kier molecular flexibility index (Phi) is 6.00. The molecule has 0 saturated heterocycles. The highest BCUT2D eigenvalue weighted by molar-refractivity contribution is 6.17. The summed E-state index contributed by atoms with van der Waals surface area (Å²) in [5.74, 6) is 1.60. The molecule has 0 aliphatic heterocycles. The molecule has 0 radical (unpaired) electrons. The van der Waals surface area contributed by atoms with Crippen molar-refractivity contribution in [2.24, 2.45) is 5.92 Å². The van der Waals surface area contributed by atoms with Crippen molar-refractivity contribution in [3.05, 3.63) is 0 Å². The Hall–Kier alpha value is -0.240. The van der Waals surface area contributed by atoms with Crippen LogP contribution in [0.1, 0.15) is 44.9 Å². The zero-order chi connectivity index (χ0) is 10.2. The van der Waals surface area contributed by atoms with E-state index in [0.717, 1.165) is 25.3 Å². The van der Waals surface area contributed by atoms with E-state index in [-0.39, 0.29) is 5.91 Å². The SMILES string of the molecule is O=C(CCCCl)NCCC1CCCC1. The average molecular weight is 218 g/mol.